The van der Waals surface area contributed by atoms with Crippen LogP contribution < -0.4 is 5.32 Å². The Morgan fingerprint density at radius 2 is 1.72 bits per heavy atom. The smallest absolute Gasteiger partial charge is 0.132 e. The Morgan fingerprint density at radius 1 is 0.840 bits per heavy atom. The van der Waals surface area contributed by atoms with Crippen LogP contribution in [0.2, 0.25) is 0 Å². The first-order valence-corrected chi connectivity index (χ1v) is 8.04. The molecule has 0 saturated heterocycles. The number of aryl methyl sites for hydroxylation is 1. The van der Waals surface area contributed by atoms with E-state index in [1.54, 1.807) is 12.4 Å². The van der Waals surface area contributed by atoms with Crippen molar-refractivity contribution in [3.05, 3.63) is 84.9 Å². The predicted molar refractivity (Wildman–Crippen MR) is 99.1 cm³/mol. The quantitative estimate of drug-likeness (QED) is 0.604. The van der Waals surface area contributed by atoms with Crippen molar-refractivity contribution >= 4 is 11.6 Å². The summed E-state index contributed by atoms with van der Waals surface area (Å²) in [6, 6.07) is 18.0. The van der Waals surface area contributed by atoms with Crippen molar-refractivity contribution in [1.82, 2.24) is 19.7 Å². The van der Waals surface area contributed by atoms with Crippen LogP contribution in [0.3, 0.4) is 0 Å². The summed E-state index contributed by atoms with van der Waals surface area (Å²) in [5.74, 6) is 1.53. The molecule has 122 valence electrons. The lowest BCUT2D eigenvalue weighted by molar-refractivity contribution is 0.880. The van der Waals surface area contributed by atoms with E-state index in [0.717, 1.165) is 34.0 Å². The third kappa shape index (κ3) is 3.40. The highest BCUT2D eigenvalue weighted by atomic mass is 15.3. The zero-order chi connectivity index (χ0) is 17.1. The van der Waals surface area contributed by atoms with Crippen LogP contribution in [-0.2, 0) is 0 Å². The lowest BCUT2D eigenvalue weighted by Crippen LogP contribution is -1.96. The zero-order valence-electron chi connectivity index (χ0n) is 13.8. The number of hydrogen-bond acceptors (Lipinski definition) is 4. The van der Waals surface area contributed by atoms with Crippen molar-refractivity contribution in [1.29, 1.82) is 0 Å². The molecule has 3 aromatic heterocycles. The van der Waals surface area contributed by atoms with E-state index in [0.29, 0.717) is 0 Å². The molecular formula is C20H17N5. The van der Waals surface area contributed by atoms with Gasteiger partial charge in [-0.15, -0.1) is 0 Å². The van der Waals surface area contributed by atoms with Gasteiger partial charge in [0.25, 0.3) is 0 Å². The van der Waals surface area contributed by atoms with E-state index in [2.05, 4.69) is 32.5 Å². The first-order valence-electron chi connectivity index (χ1n) is 8.04. The topological polar surface area (TPSA) is 55.6 Å². The van der Waals surface area contributed by atoms with Gasteiger partial charge in [-0.3, -0.25) is 0 Å². The Bertz CT molecular complexity index is 992. The van der Waals surface area contributed by atoms with Gasteiger partial charge in [0.05, 0.1) is 11.9 Å². The van der Waals surface area contributed by atoms with Crippen LogP contribution in [0.1, 0.15) is 5.56 Å². The number of anilines is 2. The van der Waals surface area contributed by atoms with E-state index in [1.165, 1.54) is 0 Å². The average molecular weight is 327 g/mol. The third-order valence-electron chi connectivity index (χ3n) is 3.84. The van der Waals surface area contributed by atoms with Gasteiger partial charge in [-0.05, 0) is 60.0 Å². The molecule has 5 nitrogen and oxygen atoms in total. The van der Waals surface area contributed by atoms with Crippen molar-refractivity contribution in [3.63, 3.8) is 0 Å². The summed E-state index contributed by atoms with van der Waals surface area (Å²) in [7, 11) is 0. The summed E-state index contributed by atoms with van der Waals surface area (Å²) < 4.78 is 1.88. The minimum Gasteiger partial charge on any atom is -0.325 e. The molecular weight excluding hydrogens is 310 g/mol. The van der Waals surface area contributed by atoms with Gasteiger partial charge in [0.15, 0.2) is 0 Å². The minimum absolute atomic E-state index is 0.761. The minimum atomic E-state index is 0.761. The van der Waals surface area contributed by atoms with E-state index in [9.17, 15) is 0 Å². The molecule has 1 aromatic carbocycles. The molecule has 0 atom stereocenters. The molecule has 0 saturated carbocycles. The zero-order valence-corrected chi connectivity index (χ0v) is 13.8. The van der Waals surface area contributed by atoms with Crippen molar-refractivity contribution < 1.29 is 0 Å². The highest BCUT2D eigenvalue weighted by molar-refractivity contribution is 5.69. The lowest BCUT2D eigenvalue weighted by atomic mass is 10.1. The number of pyridine rings is 2. The van der Waals surface area contributed by atoms with Gasteiger partial charge in [0.2, 0.25) is 0 Å². The van der Waals surface area contributed by atoms with E-state index < -0.39 is 0 Å². The van der Waals surface area contributed by atoms with Crippen LogP contribution in [-0.4, -0.2) is 19.7 Å². The van der Waals surface area contributed by atoms with Gasteiger partial charge in [-0.25, -0.2) is 14.6 Å². The maximum Gasteiger partial charge on any atom is 0.132 e. The highest BCUT2D eigenvalue weighted by Gasteiger charge is 2.04. The monoisotopic (exact) mass is 327 g/mol. The number of nitrogens with zero attached hydrogens (tertiary/aromatic N) is 4. The van der Waals surface area contributed by atoms with Gasteiger partial charge in [-0.2, -0.15) is 5.10 Å². The summed E-state index contributed by atoms with van der Waals surface area (Å²) in [6.45, 7) is 2.03. The summed E-state index contributed by atoms with van der Waals surface area (Å²) in [5.41, 5.74) is 4.36. The Balaban J connectivity index is 1.65. The highest BCUT2D eigenvalue weighted by Crippen LogP contribution is 2.24. The fraction of sp³-hybridized carbons (Fsp3) is 0.0500. The maximum absolute atomic E-state index is 4.38. The molecule has 0 radical (unpaired) electrons. The van der Waals surface area contributed by atoms with Gasteiger partial charge in [-0.1, -0.05) is 18.2 Å². The first kappa shape index (κ1) is 15.1. The molecule has 0 fully saturated rings. The van der Waals surface area contributed by atoms with Crippen molar-refractivity contribution in [2.75, 3.05) is 5.32 Å². The van der Waals surface area contributed by atoms with Crippen LogP contribution in [0.5, 0.6) is 0 Å². The van der Waals surface area contributed by atoms with E-state index in [1.807, 2.05) is 66.5 Å². The first-order chi connectivity index (χ1) is 12.3. The normalized spacial score (nSPS) is 10.6. The molecule has 25 heavy (non-hydrogen) atoms. The number of nitrogens with one attached hydrogen (secondary N) is 1. The number of aromatic nitrogens is 4. The standard InChI is InChI=1S/C20H17N5/c1-15-13-23-25(14-15)18-6-4-5-16(11-18)17-8-10-22-20(12-17)24-19-7-2-3-9-21-19/h2-14H,1H3,(H,21,22,24). The molecule has 0 aliphatic rings. The van der Waals surface area contributed by atoms with Gasteiger partial charge < -0.3 is 5.32 Å². The second-order valence-electron chi connectivity index (χ2n) is 5.78. The van der Waals surface area contributed by atoms with E-state index in [-0.39, 0.29) is 0 Å². The molecule has 0 spiro atoms. The predicted octanol–water partition coefficient (Wildman–Crippen LogP) is 4.38. The van der Waals surface area contributed by atoms with Crippen LogP contribution in [0, 0.1) is 6.92 Å². The molecule has 4 rings (SSSR count). The molecule has 0 amide bonds. The van der Waals surface area contributed by atoms with Crippen molar-refractivity contribution in [2.24, 2.45) is 0 Å². The second kappa shape index (κ2) is 6.57. The van der Waals surface area contributed by atoms with Gasteiger partial charge in [0.1, 0.15) is 11.6 Å². The molecule has 0 bridgehead atoms. The largest absolute Gasteiger partial charge is 0.325 e. The molecule has 3 heterocycles. The van der Waals surface area contributed by atoms with Crippen molar-refractivity contribution in [2.45, 2.75) is 6.92 Å². The second-order valence-corrected chi connectivity index (χ2v) is 5.78. The summed E-state index contributed by atoms with van der Waals surface area (Å²) in [6.07, 6.45) is 7.42. The maximum atomic E-state index is 4.38. The SMILES string of the molecule is Cc1cnn(-c2cccc(-c3ccnc(Nc4ccccn4)c3)c2)c1. The van der Waals surface area contributed by atoms with Crippen LogP contribution >= 0.6 is 0 Å². The molecule has 4 aromatic rings. The van der Waals surface area contributed by atoms with Crippen LogP contribution in [0.4, 0.5) is 11.6 Å². The van der Waals surface area contributed by atoms with Crippen molar-refractivity contribution in [3.8, 4) is 16.8 Å². The fourth-order valence-corrected chi connectivity index (χ4v) is 2.63. The summed E-state index contributed by atoms with van der Waals surface area (Å²) in [4.78, 5) is 8.65. The number of benzene rings is 1. The Labute approximate surface area is 146 Å². The van der Waals surface area contributed by atoms with Crippen LogP contribution in [0.15, 0.2) is 79.4 Å². The summed E-state index contributed by atoms with van der Waals surface area (Å²) in [5, 5.41) is 7.60. The molecule has 0 aliphatic heterocycles. The van der Waals surface area contributed by atoms with Gasteiger partial charge >= 0.3 is 0 Å². The van der Waals surface area contributed by atoms with Gasteiger partial charge in [0, 0.05) is 18.6 Å². The van der Waals surface area contributed by atoms with E-state index in [4.69, 9.17) is 0 Å². The molecule has 0 unspecified atom stereocenters. The number of hydrogen-bond donors (Lipinski definition) is 1. The molecule has 1 N–H and O–H groups in total. The summed E-state index contributed by atoms with van der Waals surface area (Å²) >= 11 is 0. The average Bonchev–Trinajstić information content (AvgIpc) is 3.09. The lowest BCUT2D eigenvalue weighted by Gasteiger charge is -2.08. The fourth-order valence-electron chi connectivity index (χ4n) is 2.63. The van der Waals surface area contributed by atoms with Crippen LogP contribution in [0.25, 0.3) is 16.8 Å². The third-order valence-corrected chi connectivity index (χ3v) is 3.84. The van der Waals surface area contributed by atoms with E-state index >= 15 is 0 Å². The Hall–Kier alpha value is -3.47. The molecule has 5 heteroatoms. The Morgan fingerprint density at radius 3 is 2.52 bits per heavy atom. The molecule has 0 aliphatic carbocycles. The Kier molecular flexibility index (Phi) is 3.96. The number of rotatable bonds is 4.